The Kier molecular flexibility index (Phi) is 5.46. The minimum absolute atomic E-state index is 0.0594. The van der Waals surface area contributed by atoms with Crippen LogP contribution >= 0.6 is 0 Å². The first-order chi connectivity index (χ1) is 12.5. The number of halogens is 1. The number of nitrogens with zero attached hydrogens (tertiary/aromatic N) is 2. The second-order valence-electron chi connectivity index (χ2n) is 6.41. The van der Waals surface area contributed by atoms with Gasteiger partial charge in [0.05, 0.1) is 17.8 Å². The van der Waals surface area contributed by atoms with Crippen molar-refractivity contribution in [1.29, 1.82) is 0 Å². The maximum atomic E-state index is 12.9. The maximum absolute atomic E-state index is 12.9. The summed E-state index contributed by atoms with van der Waals surface area (Å²) in [5.41, 5.74) is 5.08. The van der Waals surface area contributed by atoms with E-state index in [-0.39, 0.29) is 18.1 Å². The first-order valence-electron chi connectivity index (χ1n) is 8.65. The van der Waals surface area contributed by atoms with Gasteiger partial charge in [-0.2, -0.15) is 5.10 Å². The van der Waals surface area contributed by atoms with E-state index in [1.165, 1.54) is 12.1 Å². The van der Waals surface area contributed by atoms with Crippen molar-refractivity contribution in [3.05, 3.63) is 82.9 Å². The van der Waals surface area contributed by atoms with Gasteiger partial charge in [-0.05, 0) is 61.7 Å². The van der Waals surface area contributed by atoms with E-state index in [9.17, 15) is 9.18 Å². The monoisotopic (exact) mass is 351 g/mol. The van der Waals surface area contributed by atoms with E-state index in [2.05, 4.69) is 22.5 Å². The summed E-state index contributed by atoms with van der Waals surface area (Å²) in [6, 6.07) is 16.2. The highest BCUT2D eigenvalue weighted by Gasteiger charge is 2.05. The number of carbonyl (C=O) groups excluding carboxylic acids is 1. The van der Waals surface area contributed by atoms with Gasteiger partial charge in [0, 0.05) is 12.2 Å². The number of nitrogens with one attached hydrogen (secondary N) is 1. The van der Waals surface area contributed by atoms with Gasteiger partial charge in [0.1, 0.15) is 5.82 Å². The number of aromatic nitrogens is 2. The molecule has 4 nitrogen and oxygen atoms in total. The van der Waals surface area contributed by atoms with Crippen LogP contribution < -0.4 is 5.32 Å². The number of benzene rings is 2. The zero-order valence-corrected chi connectivity index (χ0v) is 15.0. The standard InChI is InChI=1S/C21H22FN3O/c1-15-13-16(2)25(24-15)20-9-5-17(6-10-20)11-12-23-21(26)14-18-3-7-19(22)8-4-18/h3-10,13H,11-12,14H2,1-2H3,(H,23,26). The molecule has 0 spiro atoms. The van der Waals surface area contributed by atoms with Crippen LogP contribution in [0, 0.1) is 19.7 Å². The van der Waals surface area contributed by atoms with Crippen LogP contribution in [0.25, 0.3) is 5.69 Å². The fourth-order valence-corrected chi connectivity index (χ4v) is 2.89. The summed E-state index contributed by atoms with van der Waals surface area (Å²) in [5, 5.41) is 7.38. The molecule has 0 unspecified atom stereocenters. The number of hydrogen-bond acceptors (Lipinski definition) is 2. The Hall–Kier alpha value is -2.95. The Morgan fingerprint density at radius 3 is 2.31 bits per heavy atom. The fourth-order valence-electron chi connectivity index (χ4n) is 2.89. The highest BCUT2D eigenvalue weighted by Crippen LogP contribution is 2.13. The van der Waals surface area contributed by atoms with Crippen LogP contribution in [-0.4, -0.2) is 22.2 Å². The molecule has 1 heterocycles. The second-order valence-corrected chi connectivity index (χ2v) is 6.41. The molecule has 0 radical (unpaired) electrons. The van der Waals surface area contributed by atoms with Crippen molar-refractivity contribution < 1.29 is 9.18 Å². The molecule has 2 aromatic carbocycles. The van der Waals surface area contributed by atoms with Crippen LogP contribution in [0.4, 0.5) is 4.39 Å². The fraction of sp³-hybridized carbons (Fsp3) is 0.238. The van der Waals surface area contributed by atoms with E-state index in [4.69, 9.17) is 0 Å². The largest absolute Gasteiger partial charge is 0.355 e. The van der Waals surface area contributed by atoms with E-state index < -0.39 is 0 Å². The van der Waals surface area contributed by atoms with Crippen LogP contribution in [0.5, 0.6) is 0 Å². The average Bonchev–Trinajstić information content (AvgIpc) is 2.96. The van der Waals surface area contributed by atoms with Crippen molar-refractivity contribution >= 4 is 5.91 Å². The highest BCUT2D eigenvalue weighted by molar-refractivity contribution is 5.78. The van der Waals surface area contributed by atoms with Gasteiger partial charge in [0.15, 0.2) is 0 Å². The zero-order chi connectivity index (χ0) is 18.5. The highest BCUT2D eigenvalue weighted by atomic mass is 19.1. The summed E-state index contributed by atoms with van der Waals surface area (Å²) in [5.74, 6) is -0.353. The summed E-state index contributed by atoms with van der Waals surface area (Å²) in [4.78, 5) is 12.0. The molecule has 1 amide bonds. The van der Waals surface area contributed by atoms with Gasteiger partial charge in [-0.1, -0.05) is 24.3 Å². The summed E-state index contributed by atoms with van der Waals surface area (Å²) >= 11 is 0. The quantitative estimate of drug-likeness (QED) is 0.738. The third-order valence-corrected chi connectivity index (χ3v) is 4.20. The van der Waals surface area contributed by atoms with Crippen LogP contribution in [0.2, 0.25) is 0 Å². The minimum Gasteiger partial charge on any atom is -0.355 e. The topological polar surface area (TPSA) is 46.9 Å². The molecular weight excluding hydrogens is 329 g/mol. The van der Waals surface area contributed by atoms with Crippen molar-refractivity contribution in [1.82, 2.24) is 15.1 Å². The molecule has 0 saturated carbocycles. The zero-order valence-electron chi connectivity index (χ0n) is 15.0. The Morgan fingerprint density at radius 1 is 1.04 bits per heavy atom. The number of amides is 1. The van der Waals surface area contributed by atoms with E-state index >= 15 is 0 Å². The van der Waals surface area contributed by atoms with Gasteiger partial charge >= 0.3 is 0 Å². The Balaban J connectivity index is 1.49. The van der Waals surface area contributed by atoms with Crippen LogP contribution in [-0.2, 0) is 17.6 Å². The normalized spacial score (nSPS) is 10.7. The summed E-state index contributed by atoms with van der Waals surface area (Å²) in [7, 11) is 0. The minimum atomic E-state index is -0.293. The SMILES string of the molecule is Cc1cc(C)n(-c2ccc(CCNC(=O)Cc3ccc(F)cc3)cc2)n1. The molecule has 3 aromatic rings. The molecule has 0 atom stereocenters. The first kappa shape index (κ1) is 17.9. The summed E-state index contributed by atoms with van der Waals surface area (Å²) < 4.78 is 14.8. The average molecular weight is 351 g/mol. The number of hydrogen-bond donors (Lipinski definition) is 1. The van der Waals surface area contributed by atoms with Crippen LogP contribution in [0.3, 0.4) is 0 Å². The lowest BCUT2D eigenvalue weighted by atomic mass is 10.1. The molecule has 1 N–H and O–H groups in total. The smallest absolute Gasteiger partial charge is 0.224 e. The summed E-state index contributed by atoms with van der Waals surface area (Å²) in [6.45, 7) is 4.58. The number of carbonyl (C=O) groups is 1. The molecule has 5 heteroatoms. The second kappa shape index (κ2) is 7.95. The van der Waals surface area contributed by atoms with Crippen molar-refractivity contribution in [3.63, 3.8) is 0 Å². The molecule has 0 fully saturated rings. The van der Waals surface area contributed by atoms with Crippen molar-refractivity contribution in [3.8, 4) is 5.69 Å². The Morgan fingerprint density at radius 2 is 1.69 bits per heavy atom. The molecule has 134 valence electrons. The van der Waals surface area contributed by atoms with Gasteiger partial charge in [-0.3, -0.25) is 4.79 Å². The van der Waals surface area contributed by atoms with Crippen molar-refractivity contribution in [2.45, 2.75) is 26.7 Å². The van der Waals surface area contributed by atoms with E-state index in [1.807, 2.05) is 36.7 Å². The lowest BCUT2D eigenvalue weighted by molar-refractivity contribution is -0.120. The van der Waals surface area contributed by atoms with E-state index in [0.29, 0.717) is 6.54 Å². The van der Waals surface area contributed by atoms with Gasteiger partial charge in [0.25, 0.3) is 0 Å². The number of aryl methyl sites for hydroxylation is 2. The van der Waals surface area contributed by atoms with Gasteiger partial charge in [0.2, 0.25) is 5.91 Å². The molecule has 3 rings (SSSR count). The van der Waals surface area contributed by atoms with E-state index in [0.717, 1.165) is 34.6 Å². The third-order valence-electron chi connectivity index (χ3n) is 4.20. The molecule has 0 aliphatic heterocycles. The predicted octanol–water partition coefficient (Wildman–Crippen LogP) is 3.53. The lowest BCUT2D eigenvalue weighted by Crippen LogP contribution is -2.27. The van der Waals surface area contributed by atoms with Gasteiger partial charge in [-0.25, -0.2) is 9.07 Å². The lowest BCUT2D eigenvalue weighted by Gasteiger charge is -2.08. The van der Waals surface area contributed by atoms with Crippen LogP contribution in [0.1, 0.15) is 22.5 Å². The number of rotatable bonds is 6. The molecule has 1 aromatic heterocycles. The Bertz CT molecular complexity index is 883. The molecule has 0 saturated heterocycles. The first-order valence-corrected chi connectivity index (χ1v) is 8.65. The van der Waals surface area contributed by atoms with Crippen LogP contribution in [0.15, 0.2) is 54.6 Å². The predicted molar refractivity (Wildman–Crippen MR) is 99.9 cm³/mol. The molecule has 0 aliphatic carbocycles. The summed E-state index contributed by atoms with van der Waals surface area (Å²) in [6.07, 6.45) is 1.02. The van der Waals surface area contributed by atoms with E-state index in [1.54, 1.807) is 12.1 Å². The van der Waals surface area contributed by atoms with Crippen molar-refractivity contribution in [2.75, 3.05) is 6.54 Å². The van der Waals surface area contributed by atoms with Gasteiger partial charge in [-0.15, -0.1) is 0 Å². The van der Waals surface area contributed by atoms with Gasteiger partial charge < -0.3 is 5.32 Å². The molecule has 26 heavy (non-hydrogen) atoms. The van der Waals surface area contributed by atoms with Crippen molar-refractivity contribution in [2.24, 2.45) is 0 Å². The molecular formula is C21H22FN3O. The maximum Gasteiger partial charge on any atom is 0.224 e. The third kappa shape index (κ3) is 4.57. The molecule has 0 aliphatic rings. The molecule has 0 bridgehead atoms. The Labute approximate surface area is 152 Å².